The Labute approximate surface area is 99.6 Å². The average Bonchev–Trinajstić information content (AvgIpc) is 1.98. The van der Waals surface area contributed by atoms with Crippen LogP contribution in [0, 0.1) is 22.7 Å². The molecule has 1 fully saturated rings. The topological polar surface area (TPSA) is 18.5 Å². The Morgan fingerprint density at radius 1 is 1.12 bits per heavy atom. The van der Waals surface area contributed by atoms with Gasteiger partial charge >= 0.3 is 0 Å². The minimum atomic E-state index is -0.449. The van der Waals surface area contributed by atoms with Gasteiger partial charge in [0.05, 0.1) is 0 Å². The normalized spacial score (nSPS) is 30.3. The van der Waals surface area contributed by atoms with Gasteiger partial charge in [0.15, 0.2) is 5.60 Å². The molecule has 1 rings (SSSR count). The summed E-state index contributed by atoms with van der Waals surface area (Å²) in [5, 5.41) is 0. The Morgan fingerprint density at radius 3 is 1.94 bits per heavy atom. The van der Waals surface area contributed by atoms with Crippen LogP contribution in [0.4, 0.5) is 0 Å². The SMILES string of the molecule is CCC1OOC1(C#CC(C)(C)C)C(C)(C)C. The van der Waals surface area contributed by atoms with Gasteiger partial charge in [-0.2, -0.15) is 0 Å². The molecule has 1 aliphatic rings. The predicted octanol–water partition coefficient (Wildman–Crippen LogP) is 3.56. The molecule has 2 heteroatoms. The van der Waals surface area contributed by atoms with E-state index in [1.54, 1.807) is 0 Å². The maximum atomic E-state index is 5.41. The third-order valence-electron chi connectivity index (χ3n) is 2.86. The van der Waals surface area contributed by atoms with Crippen molar-refractivity contribution in [2.75, 3.05) is 0 Å². The highest BCUT2D eigenvalue weighted by molar-refractivity contribution is 5.26. The maximum Gasteiger partial charge on any atom is 0.197 e. The first-order valence-corrected chi connectivity index (χ1v) is 6.01. The molecule has 1 saturated heterocycles. The van der Waals surface area contributed by atoms with Crippen LogP contribution < -0.4 is 0 Å². The Kier molecular flexibility index (Phi) is 3.43. The van der Waals surface area contributed by atoms with E-state index in [4.69, 9.17) is 9.78 Å². The van der Waals surface area contributed by atoms with Gasteiger partial charge in [-0.05, 0) is 27.2 Å². The molecule has 1 aliphatic heterocycles. The molecule has 0 amide bonds. The molecule has 1 heterocycles. The summed E-state index contributed by atoms with van der Waals surface area (Å²) >= 11 is 0. The molecular weight excluding hydrogens is 200 g/mol. The van der Waals surface area contributed by atoms with Crippen LogP contribution in [0.3, 0.4) is 0 Å². The summed E-state index contributed by atoms with van der Waals surface area (Å²) in [6, 6.07) is 0. The molecular formula is C14H24O2. The lowest BCUT2D eigenvalue weighted by atomic mass is 9.71. The van der Waals surface area contributed by atoms with Crippen LogP contribution in [0.1, 0.15) is 54.9 Å². The fraction of sp³-hybridized carbons (Fsp3) is 0.857. The Balaban J connectivity index is 3.03. The van der Waals surface area contributed by atoms with Crippen molar-refractivity contribution >= 4 is 0 Å². The summed E-state index contributed by atoms with van der Waals surface area (Å²) in [5.41, 5.74) is -0.491. The molecule has 0 aliphatic carbocycles. The highest BCUT2D eigenvalue weighted by atomic mass is 17.3. The third-order valence-corrected chi connectivity index (χ3v) is 2.86. The van der Waals surface area contributed by atoms with Crippen LogP contribution in [-0.2, 0) is 9.78 Å². The van der Waals surface area contributed by atoms with Crippen molar-refractivity contribution in [3.8, 4) is 11.8 Å². The van der Waals surface area contributed by atoms with Gasteiger partial charge in [-0.15, -0.1) is 0 Å². The van der Waals surface area contributed by atoms with Gasteiger partial charge in [0.25, 0.3) is 0 Å². The molecule has 0 spiro atoms. The molecule has 0 aromatic carbocycles. The zero-order valence-electron chi connectivity index (χ0n) is 11.6. The smallest absolute Gasteiger partial charge is 0.197 e. The van der Waals surface area contributed by atoms with Crippen molar-refractivity contribution in [3.05, 3.63) is 0 Å². The van der Waals surface area contributed by atoms with Crippen LogP contribution in [-0.4, -0.2) is 11.7 Å². The van der Waals surface area contributed by atoms with Crippen molar-refractivity contribution in [1.82, 2.24) is 0 Å². The fourth-order valence-electron chi connectivity index (χ4n) is 1.75. The monoisotopic (exact) mass is 224 g/mol. The van der Waals surface area contributed by atoms with E-state index in [-0.39, 0.29) is 16.9 Å². The summed E-state index contributed by atoms with van der Waals surface area (Å²) < 4.78 is 0. The molecule has 0 saturated carbocycles. The lowest BCUT2D eigenvalue weighted by Gasteiger charge is -2.51. The zero-order valence-corrected chi connectivity index (χ0v) is 11.6. The summed E-state index contributed by atoms with van der Waals surface area (Å²) in [6.07, 6.45) is 1.01. The molecule has 2 atom stereocenters. The van der Waals surface area contributed by atoms with Gasteiger partial charge in [-0.1, -0.05) is 39.5 Å². The highest BCUT2D eigenvalue weighted by Crippen LogP contribution is 2.45. The second kappa shape index (κ2) is 4.05. The summed E-state index contributed by atoms with van der Waals surface area (Å²) in [7, 11) is 0. The van der Waals surface area contributed by atoms with E-state index in [9.17, 15) is 0 Å². The second-order valence-corrected chi connectivity index (χ2v) is 6.56. The van der Waals surface area contributed by atoms with Crippen LogP contribution in [0.5, 0.6) is 0 Å². The van der Waals surface area contributed by atoms with Gasteiger partial charge in [-0.3, -0.25) is 0 Å². The fourth-order valence-corrected chi connectivity index (χ4v) is 1.75. The summed E-state index contributed by atoms with van der Waals surface area (Å²) in [4.78, 5) is 10.6. The Bertz CT molecular complexity index is 306. The maximum absolute atomic E-state index is 5.41. The van der Waals surface area contributed by atoms with Crippen molar-refractivity contribution in [2.45, 2.75) is 66.6 Å². The molecule has 2 unspecified atom stereocenters. The largest absolute Gasteiger partial charge is 0.227 e. The van der Waals surface area contributed by atoms with Crippen LogP contribution in [0.2, 0.25) is 0 Å². The van der Waals surface area contributed by atoms with Gasteiger partial charge in [0.1, 0.15) is 6.10 Å². The average molecular weight is 224 g/mol. The van der Waals surface area contributed by atoms with Gasteiger partial charge in [0, 0.05) is 10.8 Å². The van der Waals surface area contributed by atoms with Crippen molar-refractivity contribution in [1.29, 1.82) is 0 Å². The lowest BCUT2D eigenvalue weighted by Crippen LogP contribution is -2.62. The highest BCUT2D eigenvalue weighted by Gasteiger charge is 2.57. The van der Waals surface area contributed by atoms with Crippen molar-refractivity contribution in [3.63, 3.8) is 0 Å². The van der Waals surface area contributed by atoms with Gasteiger partial charge in [0.2, 0.25) is 0 Å². The van der Waals surface area contributed by atoms with Crippen molar-refractivity contribution < 1.29 is 9.78 Å². The third kappa shape index (κ3) is 2.42. The second-order valence-electron chi connectivity index (χ2n) is 6.56. The summed E-state index contributed by atoms with van der Waals surface area (Å²) in [5.74, 6) is 6.60. The molecule has 2 nitrogen and oxygen atoms in total. The molecule has 0 aromatic heterocycles. The standard InChI is InChI=1S/C14H24O2/c1-8-11-14(16-15-11,13(5,6)7)10-9-12(2,3)4/h11H,8H2,1-7H3. The number of rotatable bonds is 1. The number of hydrogen-bond donors (Lipinski definition) is 0. The van der Waals surface area contributed by atoms with Crippen LogP contribution >= 0.6 is 0 Å². The summed E-state index contributed by atoms with van der Waals surface area (Å²) in [6.45, 7) is 14.9. The first kappa shape index (κ1) is 13.5. The van der Waals surface area contributed by atoms with E-state index in [1.807, 2.05) is 0 Å². The quantitative estimate of drug-likeness (QED) is 0.501. The molecule has 0 radical (unpaired) electrons. The zero-order chi connectivity index (χ0) is 12.6. The minimum Gasteiger partial charge on any atom is -0.227 e. The molecule has 0 bridgehead atoms. The van der Waals surface area contributed by atoms with Crippen LogP contribution in [0.15, 0.2) is 0 Å². The molecule has 92 valence electrons. The van der Waals surface area contributed by atoms with Gasteiger partial charge in [-0.25, -0.2) is 9.78 Å². The molecule has 0 N–H and O–H groups in total. The van der Waals surface area contributed by atoms with E-state index in [1.165, 1.54) is 0 Å². The van der Waals surface area contributed by atoms with E-state index < -0.39 is 5.60 Å². The molecule has 0 aromatic rings. The van der Waals surface area contributed by atoms with E-state index >= 15 is 0 Å². The Morgan fingerprint density at radius 2 is 1.69 bits per heavy atom. The van der Waals surface area contributed by atoms with Gasteiger partial charge < -0.3 is 0 Å². The first-order chi connectivity index (χ1) is 7.12. The van der Waals surface area contributed by atoms with Crippen molar-refractivity contribution in [2.24, 2.45) is 10.8 Å². The lowest BCUT2D eigenvalue weighted by molar-refractivity contribution is -0.511. The van der Waals surface area contributed by atoms with E-state index in [0.29, 0.717) is 0 Å². The Hall–Kier alpha value is -0.520. The predicted molar refractivity (Wildman–Crippen MR) is 65.7 cm³/mol. The van der Waals surface area contributed by atoms with E-state index in [2.05, 4.69) is 60.3 Å². The minimum absolute atomic E-state index is 0.00447. The molecule has 16 heavy (non-hydrogen) atoms. The number of hydrogen-bond acceptors (Lipinski definition) is 2. The first-order valence-electron chi connectivity index (χ1n) is 6.01. The van der Waals surface area contributed by atoms with Crippen LogP contribution in [0.25, 0.3) is 0 Å². The van der Waals surface area contributed by atoms with E-state index in [0.717, 1.165) is 6.42 Å².